The van der Waals surface area contributed by atoms with Gasteiger partial charge in [0.05, 0.1) is 7.11 Å². The van der Waals surface area contributed by atoms with Gasteiger partial charge in [-0.25, -0.2) is 0 Å². The summed E-state index contributed by atoms with van der Waals surface area (Å²) in [6, 6.07) is 4.65. The van der Waals surface area contributed by atoms with Crippen molar-refractivity contribution in [1.29, 1.82) is 0 Å². The maximum absolute atomic E-state index is 5.40. The molecular weight excluding hydrogens is 254 g/mol. The molecule has 0 spiro atoms. The minimum absolute atomic E-state index is 0.481. The van der Waals surface area contributed by atoms with Gasteiger partial charge in [0, 0.05) is 22.6 Å². The third kappa shape index (κ3) is 3.50. The molecule has 1 N–H and O–H groups in total. The molecule has 0 atom stereocenters. The molecule has 0 saturated carbocycles. The van der Waals surface area contributed by atoms with Gasteiger partial charge in [0.1, 0.15) is 5.75 Å². The van der Waals surface area contributed by atoms with E-state index in [1.807, 2.05) is 0 Å². The van der Waals surface area contributed by atoms with Gasteiger partial charge in [-0.2, -0.15) is 0 Å². The van der Waals surface area contributed by atoms with Crippen molar-refractivity contribution in [1.82, 2.24) is 5.32 Å². The number of methoxy groups -OCH3 is 1. The van der Waals surface area contributed by atoms with Gasteiger partial charge in [-0.1, -0.05) is 29.8 Å². The van der Waals surface area contributed by atoms with E-state index in [1.165, 1.54) is 5.56 Å². The summed E-state index contributed by atoms with van der Waals surface area (Å²) in [4.78, 5) is 0. The Morgan fingerprint density at radius 1 is 1.40 bits per heavy atom. The normalized spacial score (nSPS) is 10.8. The summed E-state index contributed by atoms with van der Waals surface area (Å²) < 4.78 is 6.50. The lowest BCUT2D eigenvalue weighted by molar-refractivity contribution is 0.403. The maximum atomic E-state index is 5.40. The first-order chi connectivity index (χ1) is 7.04. The van der Waals surface area contributed by atoms with Crippen molar-refractivity contribution >= 4 is 15.9 Å². The molecule has 0 bridgehead atoms. The van der Waals surface area contributed by atoms with Gasteiger partial charge in [0.25, 0.3) is 0 Å². The number of hydrogen-bond acceptors (Lipinski definition) is 2. The Kier molecular flexibility index (Phi) is 4.61. The quantitative estimate of drug-likeness (QED) is 0.908. The average Bonchev–Trinajstić information content (AvgIpc) is 2.13. The average molecular weight is 272 g/mol. The fraction of sp³-hybridized carbons (Fsp3) is 0.500. The molecule has 2 nitrogen and oxygen atoms in total. The topological polar surface area (TPSA) is 21.3 Å². The van der Waals surface area contributed by atoms with Crippen molar-refractivity contribution in [2.45, 2.75) is 33.4 Å². The van der Waals surface area contributed by atoms with Crippen LogP contribution < -0.4 is 10.1 Å². The molecule has 84 valence electrons. The monoisotopic (exact) mass is 271 g/mol. The van der Waals surface area contributed by atoms with Crippen LogP contribution in [-0.2, 0) is 6.54 Å². The van der Waals surface area contributed by atoms with E-state index in [0.29, 0.717) is 6.04 Å². The summed E-state index contributed by atoms with van der Waals surface area (Å²) in [5, 5.41) is 3.39. The summed E-state index contributed by atoms with van der Waals surface area (Å²) in [5.41, 5.74) is 2.35. The van der Waals surface area contributed by atoms with E-state index in [0.717, 1.165) is 22.3 Å². The van der Waals surface area contributed by atoms with E-state index in [9.17, 15) is 0 Å². The molecule has 15 heavy (non-hydrogen) atoms. The molecule has 0 amide bonds. The highest BCUT2D eigenvalue weighted by atomic mass is 79.9. The molecule has 0 unspecified atom stereocenters. The van der Waals surface area contributed by atoms with Crippen LogP contribution in [0.5, 0.6) is 5.75 Å². The number of hydrogen-bond donors (Lipinski definition) is 1. The Hall–Kier alpha value is -0.540. The maximum Gasteiger partial charge on any atom is 0.126 e. The first-order valence-corrected chi connectivity index (χ1v) is 5.90. The molecule has 0 aliphatic carbocycles. The molecule has 0 radical (unpaired) electrons. The fourth-order valence-electron chi connectivity index (χ4n) is 1.54. The number of nitrogens with one attached hydrogen (secondary N) is 1. The zero-order valence-corrected chi connectivity index (χ0v) is 11.3. The Labute approximate surface area is 100 Å². The lowest BCUT2D eigenvalue weighted by Crippen LogP contribution is -2.22. The molecule has 1 rings (SSSR count). The summed E-state index contributed by atoms with van der Waals surface area (Å²) in [6.45, 7) is 7.16. The van der Waals surface area contributed by atoms with Gasteiger partial charge in [0.2, 0.25) is 0 Å². The van der Waals surface area contributed by atoms with Crippen LogP contribution in [0.15, 0.2) is 16.6 Å². The lowest BCUT2D eigenvalue weighted by atomic mass is 10.1. The zero-order valence-electron chi connectivity index (χ0n) is 9.73. The van der Waals surface area contributed by atoms with Gasteiger partial charge in [-0.05, 0) is 24.6 Å². The number of aryl methyl sites for hydroxylation is 1. The molecule has 1 aromatic carbocycles. The van der Waals surface area contributed by atoms with E-state index in [-0.39, 0.29) is 0 Å². The molecule has 0 fully saturated rings. The fourth-order valence-corrected chi connectivity index (χ4v) is 2.16. The van der Waals surface area contributed by atoms with E-state index in [1.54, 1.807) is 7.11 Å². The second kappa shape index (κ2) is 5.52. The SMILES string of the molecule is COc1c(C)cc(Br)cc1CNC(C)C. The highest BCUT2D eigenvalue weighted by Crippen LogP contribution is 2.27. The smallest absolute Gasteiger partial charge is 0.126 e. The number of benzene rings is 1. The Bertz CT molecular complexity index is 337. The second-order valence-electron chi connectivity index (χ2n) is 3.95. The minimum atomic E-state index is 0.481. The zero-order chi connectivity index (χ0) is 11.4. The largest absolute Gasteiger partial charge is 0.496 e. The van der Waals surface area contributed by atoms with Crippen molar-refractivity contribution in [2.75, 3.05) is 7.11 Å². The van der Waals surface area contributed by atoms with Gasteiger partial charge >= 0.3 is 0 Å². The highest BCUT2D eigenvalue weighted by Gasteiger charge is 2.08. The first-order valence-electron chi connectivity index (χ1n) is 5.11. The third-order valence-corrected chi connectivity index (χ3v) is 2.68. The van der Waals surface area contributed by atoms with Crippen molar-refractivity contribution < 1.29 is 4.74 Å². The Balaban J connectivity index is 2.93. The molecule has 3 heteroatoms. The van der Waals surface area contributed by atoms with Gasteiger partial charge in [-0.3, -0.25) is 0 Å². The molecule has 0 aliphatic heterocycles. The predicted octanol–water partition coefficient (Wildman–Crippen LogP) is 3.26. The predicted molar refractivity (Wildman–Crippen MR) is 67.4 cm³/mol. The summed E-state index contributed by atoms with van der Waals surface area (Å²) in [6.07, 6.45) is 0. The van der Waals surface area contributed by atoms with Crippen LogP contribution in [0, 0.1) is 6.92 Å². The summed E-state index contributed by atoms with van der Waals surface area (Å²) in [7, 11) is 1.72. The second-order valence-corrected chi connectivity index (χ2v) is 4.87. The van der Waals surface area contributed by atoms with Gasteiger partial charge in [-0.15, -0.1) is 0 Å². The van der Waals surface area contributed by atoms with Crippen LogP contribution in [-0.4, -0.2) is 13.2 Å². The molecule has 0 heterocycles. The standard InChI is InChI=1S/C12H18BrNO/c1-8(2)14-7-10-6-11(13)5-9(3)12(10)15-4/h5-6,8,14H,7H2,1-4H3. The van der Waals surface area contributed by atoms with E-state index in [2.05, 4.69) is 54.2 Å². The number of rotatable bonds is 4. The van der Waals surface area contributed by atoms with Crippen LogP contribution in [0.25, 0.3) is 0 Å². The van der Waals surface area contributed by atoms with Crippen molar-refractivity contribution in [3.63, 3.8) is 0 Å². The van der Waals surface area contributed by atoms with Crippen molar-refractivity contribution in [3.8, 4) is 5.75 Å². The Morgan fingerprint density at radius 3 is 2.60 bits per heavy atom. The van der Waals surface area contributed by atoms with Crippen LogP contribution >= 0.6 is 15.9 Å². The summed E-state index contributed by atoms with van der Waals surface area (Å²) in [5.74, 6) is 0.978. The lowest BCUT2D eigenvalue weighted by Gasteiger charge is -2.14. The van der Waals surface area contributed by atoms with Crippen LogP contribution in [0.4, 0.5) is 0 Å². The molecule has 0 saturated heterocycles. The van der Waals surface area contributed by atoms with Crippen LogP contribution in [0.2, 0.25) is 0 Å². The van der Waals surface area contributed by atoms with Gasteiger partial charge < -0.3 is 10.1 Å². The third-order valence-electron chi connectivity index (χ3n) is 2.22. The highest BCUT2D eigenvalue weighted by molar-refractivity contribution is 9.10. The van der Waals surface area contributed by atoms with Gasteiger partial charge in [0.15, 0.2) is 0 Å². The molecule has 0 aromatic heterocycles. The van der Waals surface area contributed by atoms with Crippen molar-refractivity contribution in [2.24, 2.45) is 0 Å². The molecular formula is C12H18BrNO. The molecule has 1 aromatic rings. The summed E-state index contributed by atoms with van der Waals surface area (Å²) >= 11 is 3.50. The first kappa shape index (κ1) is 12.5. The number of ether oxygens (including phenoxy) is 1. The van der Waals surface area contributed by atoms with E-state index < -0.39 is 0 Å². The van der Waals surface area contributed by atoms with E-state index >= 15 is 0 Å². The van der Waals surface area contributed by atoms with Crippen molar-refractivity contribution in [3.05, 3.63) is 27.7 Å². The van der Waals surface area contributed by atoms with E-state index in [4.69, 9.17) is 4.74 Å². The van der Waals surface area contributed by atoms with Crippen LogP contribution in [0.3, 0.4) is 0 Å². The Morgan fingerprint density at radius 2 is 2.07 bits per heavy atom. The minimum Gasteiger partial charge on any atom is -0.496 e. The number of halogens is 1. The van der Waals surface area contributed by atoms with Crippen LogP contribution in [0.1, 0.15) is 25.0 Å². The molecule has 0 aliphatic rings.